The Morgan fingerprint density at radius 3 is 3.00 bits per heavy atom. The predicted molar refractivity (Wildman–Crippen MR) is 38.7 cm³/mol. The molecule has 0 radical (unpaired) electrons. The topological polar surface area (TPSA) is 64.9 Å². The summed E-state index contributed by atoms with van der Waals surface area (Å²) in [7, 11) is 1.44. The van der Waals surface area contributed by atoms with Crippen LogP contribution in [0.25, 0.3) is 0 Å². The summed E-state index contributed by atoms with van der Waals surface area (Å²) in [6.45, 7) is 0. The van der Waals surface area contributed by atoms with E-state index in [1.54, 1.807) is 0 Å². The van der Waals surface area contributed by atoms with Gasteiger partial charge in [-0.25, -0.2) is 0 Å². The standard InChI is InChI=1S/C6H13NO3/c1-10-6(8)4-2-3-5-7-9/h5-6,8-9H,2-4H2,1H3/p-1/t6-/m1/s1. The molecule has 0 heterocycles. The smallest absolute Gasteiger partial charge is 0.154 e. The molecule has 0 saturated heterocycles. The molecule has 0 aliphatic rings. The van der Waals surface area contributed by atoms with Gasteiger partial charge in [0.1, 0.15) is 0 Å². The Morgan fingerprint density at radius 1 is 1.80 bits per heavy atom. The van der Waals surface area contributed by atoms with Gasteiger partial charge in [-0.3, -0.25) is 0 Å². The summed E-state index contributed by atoms with van der Waals surface area (Å²) in [5, 5.41) is 20.9. The van der Waals surface area contributed by atoms with E-state index in [4.69, 9.17) is 5.11 Å². The average Bonchev–Trinajstić information content (AvgIpc) is 1.98. The van der Waals surface area contributed by atoms with E-state index >= 15 is 0 Å². The first-order valence-electron chi connectivity index (χ1n) is 3.16. The molecular weight excluding hydrogens is 134 g/mol. The average molecular weight is 146 g/mol. The summed E-state index contributed by atoms with van der Waals surface area (Å²) >= 11 is 0. The van der Waals surface area contributed by atoms with Crippen molar-refractivity contribution in [3.8, 4) is 0 Å². The largest absolute Gasteiger partial charge is 0.792 e. The van der Waals surface area contributed by atoms with E-state index in [0.717, 1.165) is 6.42 Å². The zero-order chi connectivity index (χ0) is 7.82. The van der Waals surface area contributed by atoms with Crippen molar-refractivity contribution in [1.29, 1.82) is 0 Å². The van der Waals surface area contributed by atoms with Crippen molar-refractivity contribution in [2.75, 3.05) is 7.11 Å². The van der Waals surface area contributed by atoms with Gasteiger partial charge in [0.25, 0.3) is 0 Å². The molecule has 0 rings (SSSR count). The first kappa shape index (κ1) is 9.39. The van der Waals surface area contributed by atoms with Crippen LogP contribution < -0.4 is 0 Å². The number of aliphatic hydroxyl groups is 1. The zero-order valence-corrected chi connectivity index (χ0v) is 5.99. The fraction of sp³-hybridized carbons (Fsp3) is 0.833. The molecule has 0 spiro atoms. The van der Waals surface area contributed by atoms with Gasteiger partial charge >= 0.3 is 0 Å². The van der Waals surface area contributed by atoms with Gasteiger partial charge in [0.05, 0.1) is 0 Å². The van der Waals surface area contributed by atoms with Crippen molar-refractivity contribution in [1.82, 2.24) is 0 Å². The van der Waals surface area contributed by atoms with Gasteiger partial charge in [0, 0.05) is 7.11 Å². The summed E-state index contributed by atoms with van der Waals surface area (Å²) in [6, 6.07) is 0. The summed E-state index contributed by atoms with van der Waals surface area (Å²) in [5.74, 6) is 0. The van der Waals surface area contributed by atoms with Crippen LogP contribution >= 0.6 is 0 Å². The van der Waals surface area contributed by atoms with Crippen LogP contribution in [-0.4, -0.2) is 24.7 Å². The molecule has 0 fully saturated rings. The van der Waals surface area contributed by atoms with Crippen molar-refractivity contribution in [3.63, 3.8) is 0 Å². The van der Waals surface area contributed by atoms with Crippen molar-refractivity contribution in [3.05, 3.63) is 5.21 Å². The van der Waals surface area contributed by atoms with Crippen molar-refractivity contribution in [2.45, 2.75) is 25.6 Å². The zero-order valence-electron chi connectivity index (χ0n) is 5.99. The molecule has 0 aromatic rings. The molecule has 1 N–H and O–H groups in total. The summed E-state index contributed by atoms with van der Waals surface area (Å²) in [6.07, 6.45) is 2.44. The molecule has 0 amide bonds. The number of rotatable bonds is 5. The number of methoxy groups -OCH3 is 1. The number of ether oxygens (including phenoxy) is 1. The summed E-state index contributed by atoms with van der Waals surface area (Å²) in [5.41, 5.74) is 0. The number of hydrogen-bond acceptors (Lipinski definition) is 4. The Bertz CT molecular complexity index is 95.0. The van der Waals surface area contributed by atoms with Crippen LogP contribution in [-0.2, 0) is 4.74 Å². The maximum absolute atomic E-state index is 9.52. The third-order valence-corrected chi connectivity index (χ3v) is 1.13. The Hall–Kier alpha value is -0.610. The Labute approximate surface area is 60.1 Å². The minimum absolute atomic E-state index is 0.544. The lowest BCUT2D eigenvalue weighted by atomic mass is 10.2. The van der Waals surface area contributed by atoms with E-state index in [0.29, 0.717) is 12.8 Å². The van der Waals surface area contributed by atoms with Crippen LogP contribution in [0.15, 0.2) is 5.16 Å². The quantitative estimate of drug-likeness (QED) is 0.268. The summed E-state index contributed by atoms with van der Waals surface area (Å²) < 4.78 is 4.56. The maximum Gasteiger partial charge on any atom is 0.154 e. The maximum atomic E-state index is 9.52. The highest BCUT2D eigenvalue weighted by atomic mass is 16.6. The third-order valence-electron chi connectivity index (χ3n) is 1.13. The second kappa shape index (κ2) is 6.51. The van der Waals surface area contributed by atoms with Crippen LogP contribution in [0.1, 0.15) is 19.3 Å². The molecule has 0 bridgehead atoms. The number of aliphatic hydroxyl groups excluding tert-OH is 1. The highest BCUT2D eigenvalue weighted by Gasteiger charge is 1.97. The summed E-state index contributed by atoms with van der Waals surface area (Å²) in [4.78, 5) is 0. The Morgan fingerprint density at radius 2 is 2.50 bits per heavy atom. The minimum Gasteiger partial charge on any atom is -0.792 e. The number of nitrogens with zero attached hydrogens (tertiary/aromatic N) is 1. The van der Waals surface area contributed by atoms with E-state index in [-0.39, 0.29) is 0 Å². The van der Waals surface area contributed by atoms with Gasteiger partial charge in [-0.2, -0.15) is 0 Å². The van der Waals surface area contributed by atoms with E-state index < -0.39 is 6.29 Å². The SMILES string of the molecule is CO[C@@H](O)CCCC=N[O-]. The van der Waals surface area contributed by atoms with Crippen molar-refractivity contribution in [2.24, 2.45) is 5.16 Å². The van der Waals surface area contributed by atoms with Gasteiger partial charge in [-0.05, 0) is 25.5 Å². The second-order valence-electron chi connectivity index (χ2n) is 1.91. The number of hydrogen-bond donors (Lipinski definition) is 1. The highest BCUT2D eigenvalue weighted by Crippen LogP contribution is 1.98. The molecule has 4 heteroatoms. The fourth-order valence-electron chi connectivity index (χ4n) is 0.554. The molecule has 0 unspecified atom stereocenters. The highest BCUT2D eigenvalue weighted by molar-refractivity contribution is 5.57. The lowest BCUT2D eigenvalue weighted by molar-refractivity contribution is -0.0786. The Balaban J connectivity index is 3.03. The molecule has 0 aromatic heterocycles. The third kappa shape index (κ3) is 5.53. The normalized spacial score (nSPS) is 14.2. The van der Waals surface area contributed by atoms with Crippen LogP contribution in [0, 0.1) is 5.21 Å². The molecule has 4 nitrogen and oxygen atoms in total. The van der Waals surface area contributed by atoms with Crippen molar-refractivity contribution < 1.29 is 9.84 Å². The molecule has 0 aliphatic carbocycles. The molecule has 0 aliphatic heterocycles. The van der Waals surface area contributed by atoms with Gasteiger partial charge in [-0.1, -0.05) is 0 Å². The first-order chi connectivity index (χ1) is 4.81. The fourth-order valence-corrected chi connectivity index (χ4v) is 0.554. The number of unbranched alkanes of at least 4 members (excludes halogenated alkanes) is 1. The Kier molecular flexibility index (Phi) is 6.11. The molecule has 60 valence electrons. The minimum atomic E-state index is -0.708. The van der Waals surface area contributed by atoms with Gasteiger partial charge in [0.2, 0.25) is 0 Å². The molecule has 0 saturated carbocycles. The molecular formula is C6H12NO3-. The molecule has 1 atom stereocenters. The van der Waals surface area contributed by atoms with Crippen LogP contribution in [0.5, 0.6) is 0 Å². The van der Waals surface area contributed by atoms with Crippen molar-refractivity contribution >= 4 is 6.21 Å². The lowest BCUT2D eigenvalue weighted by Gasteiger charge is -2.05. The first-order valence-corrected chi connectivity index (χ1v) is 3.16. The van der Waals surface area contributed by atoms with Crippen LogP contribution in [0.4, 0.5) is 0 Å². The molecule has 0 aromatic carbocycles. The van der Waals surface area contributed by atoms with Gasteiger partial charge < -0.3 is 20.2 Å². The van der Waals surface area contributed by atoms with Crippen LogP contribution in [0.2, 0.25) is 0 Å². The van der Waals surface area contributed by atoms with E-state index in [1.807, 2.05) is 0 Å². The van der Waals surface area contributed by atoms with E-state index in [9.17, 15) is 5.21 Å². The van der Waals surface area contributed by atoms with E-state index in [2.05, 4.69) is 9.89 Å². The second-order valence-corrected chi connectivity index (χ2v) is 1.91. The predicted octanol–water partition coefficient (Wildman–Crippen LogP) is 0.690. The van der Waals surface area contributed by atoms with Crippen LogP contribution in [0.3, 0.4) is 0 Å². The van der Waals surface area contributed by atoms with Gasteiger partial charge in [-0.15, -0.1) is 0 Å². The van der Waals surface area contributed by atoms with Gasteiger partial charge in [0.15, 0.2) is 6.29 Å². The molecule has 10 heavy (non-hydrogen) atoms. The monoisotopic (exact) mass is 146 g/mol. The lowest BCUT2D eigenvalue weighted by Crippen LogP contribution is -2.07. The van der Waals surface area contributed by atoms with E-state index in [1.165, 1.54) is 13.3 Å².